The highest BCUT2D eigenvalue weighted by molar-refractivity contribution is 5.96. The van der Waals surface area contributed by atoms with Crippen molar-refractivity contribution < 1.29 is 19.1 Å². The zero-order valence-corrected chi connectivity index (χ0v) is 16.1. The lowest BCUT2D eigenvalue weighted by Gasteiger charge is -2.07. The summed E-state index contributed by atoms with van der Waals surface area (Å²) in [6.45, 7) is 2.57. The number of nitrogens with zero attached hydrogens (tertiary/aromatic N) is 1. The molecule has 2 rings (SSSR count). The number of benzene rings is 2. The molecule has 7 nitrogen and oxygen atoms in total. The van der Waals surface area contributed by atoms with E-state index in [9.17, 15) is 9.59 Å². The highest BCUT2D eigenvalue weighted by Gasteiger charge is 2.08. The number of amides is 2. The van der Waals surface area contributed by atoms with Gasteiger partial charge in [-0.05, 0) is 48.4 Å². The Morgan fingerprint density at radius 1 is 1.11 bits per heavy atom. The van der Waals surface area contributed by atoms with Gasteiger partial charge in [0.2, 0.25) is 0 Å². The van der Waals surface area contributed by atoms with Crippen LogP contribution in [0.1, 0.15) is 35.7 Å². The highest BCUT2D eigenvalue weighted by atomic mass is 16.5. The van der Waals surface area contributed by atoms with Crippen LogP contribution < -0.4 is 20.2 Å². The number of carbonyl (C=O) groups excluding carboxylic acids is 2. The molecule has 0 aromatic heterocycles. The number of unbranched alkanes of at least 4 members (excludes halogenated alkanes) is 1. The van der Waals surface area contributed by atoms with Crippen LogP contribution in [0.5, 0.6) is 11.5 Å². The first-order valence-corrected chi connectivity index (χ1v) is 9.09. The van der Waals surface area contributed by atoms with Crippen molar-refractivity contribution in [2.24, 2.45) is 5.10 Å². The smallest absolute Gasteiger partial charge is 0.259 e. The maximum absolute atomic E-state index is 12.1. The first-order chi connectivity index (χ1) is 13.6. The summed E-state index contributed by atoms with van der Waals surface area (Å²) < 4.78 is 10.7. The molecule has 2 N–H and O–H groups in total. The average molecular weight is 383 g/mol. The van der Waals surface area contributed by atoms with Gasteiger partial charge in [0.1, 0.15) is 11.5 Å². The van der Waals surface area contributed by atoms with Crippen LogP contribution in [0.2, 0.25) is 0 Å². The van der Waals surface area contributed by atoms with E-state index >= 15 is 0 Å². The Balaban J connectivity index is 1.75. The lowest BCUT2D eigenvalue weighted by molar-refractivity contribution is -0.120. The number of ether oxygens (including phenoxy) is 2. The van der Waals surface area contributed by atoms with Gasteiger partial charge >= 0.3 is 0 Å². The van der Waals surface area contributed by atoms with Gasteiger partial charge in [0.25, 0.3) is 11.8 Å². The quantitative estimate of drug-likeness (QED) is 0.375. The largest absolute Gasteiger partial charge is 0.497 e. The second kappa shape index (κ2) is 11.4. The molecule has 0 spiro atoms. The topological polar surface area (TPSA) is 89.0 Å². The summed E-state index contributed by atoms with van der Waals surface area (Å²) >= 11 is 0. The number of nitrogens with one attached hydrogen (secondary N) is 2. The normalized spacial score (nSPS) is 10.5. The Bertz CT molecular complexity index is 804. The van der Waals surface area contributed by atoms with Gasteiger partial charge in [-0.2, -0.15) is 5.10 Å². The molecule has 148 valence electrons. The lowest BCUT2D eigenvalue weighted by atomic mass is 10.2. The fourth-order valence-electron chi connectivity index (χ4n) is 2.24. The Kier molecular flexibility index (Phi) is 8.52. The van der Waals surface area contributed by atoms with Crippen molar-refractivity contribution >= 4 is 18.0 Å². The summed E-state index contributed by atoms with van der Waals surface area (Å²) in [7, 11) is 1.58. The standard InChI is InChI=1S/C21H25N3O4/c1-3-4-12-28-18-10-8-17(9-11-18)21(26)22-15-20(25)24-23-14-16-6-5-7-19(13-16)27-2/h5-11,13-14H,3-4,12,15H2,1-2H3,(H,22,26)(H,24,25). The molecule has 0 unspecified atom stereocenters. The lowest BCUT2D eigenvalue weighted by Crippen LogP contribution is -2.34. The van der Waals surface area contributed by atoms with Crippen molar-refractivity contribution in [1.29, 1.82) is 0 Å². The van der Waals surface area contributed by atoms with Crippen LogP contribution in [0, 0.1) is 0 Å². The molecule has 2 amide bonds. The first kappa shape index (κ1) is 21.0. The number of hydrogen-bond donors (Lipinski definition) is 2. The van der Waals surface area contributed by atoms with Crippen molar-refractivity contribution in [2.45, 2.75) is 19.8 Å². The Hall–Kier alpha value is -3.35. The van der Waals surface area contributed by atoms with E-state index in [0.29, 0.717) is 17.9 Å². The van der Waals surface area contributed by atoms with E-state index < -0.39 is 5.91 Å². The van der Waals surface area contributed by atoms with Crippen LogP contribution >= 0.6 is 0 Å². The number of methoxy groups -OCH3 is 1. The van der Waals surface area contributed by atoms with E-state index in [1.807, 2.05) is 18.2 Å². The van der Waals surface area contributed by atoms with Crippen molar-refractivity contribution in [2.75, 3.05) is 20.3 Å². The summed E-state index contributed by atoms with van der Waals surface area (Å²) in [4.78, 5) is 23.9. The van der Waals surface area contributed by atoms with E-state index in [4.69, 9.17) is 9.47 Å². The monoisotopic (exact) mass is 383 g/mol. The molecule has 2 aromatic rings. The van der Waals surface area contributed by atoms with Crippen molar-refractivity contribution in [3.8, 4) is 11.5 Å². The summed E-state index contributed by atoms with van der Waals surface area (Å²) in [6.07, 6.45) is 3.54. The molecular formula is C21H25N3O4. The van der Waals surface area contributed by atoms with E-state index in [0.717, 1.165) is 24.2 Å². The molecule has 0 saturated carbocycles. The second-order valence-corrected chi connectivity index (χ2v) is 5.98. The van der Waals surface area contributed by atoms with Crippen LogP contribution in [-0.2, 0) is 4.79 Å². The second-order valence-electron chi connectivity index (χ2n) is 5.98. The van der Waals surface area contributed by atoms with Gasteiger partial charge in [-0.15, -0.1) is 0 Å². The van der Waals surface area contributed by atoms with Crippen molar-refractivity contribution in [3.05, 3.63) is 59.7 Å². The minimum atomic E-state index is -0.424. The molecule has 7 heteroatoms. The third-order valence-electron chi connectivity index (χ3n) is 3.79. The summed E-state index contributed by atoms with van der Waals surface area (Å²) in [5, 5.41) is 6.42. The fourth-order valence-corrected chi connectivity index (χ4v) is 2.24. The van der Waals surface area contributed by atoms with Crippen LogP contribution in [0.15, 0.2) is 53.6 Å². The minimum absolute atomic E-state index is 0.178. The number of carbonyl (C=O) groups is 2. The van der Waals surface area contributed by atoms with Gasteiger partial charge in [-0.1, -0.05) is 25.5 Å². The maximum Gasteiger partial charge on any atom is 0.259 e. The van der Waals surface area contributed by atoms with Gasteiger partial charge in [0.15, 0.2) is 0 Å². The molecule has 0 saturated heterocycles. The molecule has 0 heterocycles. The van der Waals surface area contributed by atoms with E-state index in [1.165, 1.54) is 6.21 Å². The van der Waals surface area contributed by atoms with E-state index in [2.05, 4.69) is 22.8 Å². The Morgan fingerprint density at radius 3 is 2.61 bits per heavy atom. The van der Waals surface area contributed by atoms with Crippen molar-refractivity contribution in [1.82, 2.24) is 10.7 Å². The zero-order chi connectivity index (χ0) is 20.2. The predicted molar refractivity (Wildman–Crippen MR) is 108 cm³/mol. The predicted octanol–water partition coefficient (Wildman–Crippen LogP) is 2.75. The minimum Gasteiger partial charge on any atom is -0.497 e. The van der Waals surface area contributed by atoms with Crippen molar-refractivity contribution in [3.63, 3.8) is 0 Å². The van der Waals surface area contributed by atoms with Gasteiger partial charge in [-0.3, -0.25) is 9.59 Å². The third kappa shape index (κ3) is 7.11. The fraction of sp³-hybridized carbons (Fsp3) is 0.286. The summed E-state index contributed by atoms with van der Waals surface area (Å²) in [5.74, 6) is 0.651. The van der Waals surface area contributed by atoms with Crippen LogP contribution in [-0.4, -0.2) is 38.3 Å². The zero-order valence-electron chi connectivity index (χ0n) is 16.1. The number of hydrazone groups is 1. The molecule has 0 aliphatic carbocycles. The number of rotatable bonds is 10. The highest BCUT2D eigenvalue weighted by Crippen LogP contribution is 2.13. The van der Waals surface area contributed by atoms with Crippen LogP contribution in [0.3, 0.4) is 0 Å². The molecular weight excluding hydrogens is 358 g/mol. The first-order valence-electron chi connectivity index (χ1n) is 9.09. The third-order valence-corrected chi connectivity index (χ3v) is 3.79. The molecule has 28 heavy (non-hydrogen) atoms. The Labute approximate surface area is 164 Å². The van der Waals surface area contributed by atoms with E-state index in [-0.39, 0.29) is 12.5 Å². The maximum atomic E-state index is 12.1. The Morgan fingerprint density at radius 2 is 1.89 bits per heavy atom. The molecule has 0 bridgehead atoms. The van der Waals surface area contributed by atoms with Gasteiger partial charge in [-0.25, -0.2) is 5.43 Å². The van der Waals surface area contributed by atoms with Gasteiger partial charge < -0.3 is 14.8 Å². The molecule has 0 radical (unpaired) electrons. The average Bonchev–Trinajstić information content (AvgIpc) is 2.73. The van der Waals surface area contributed by atoms with Gasteiger partial charge in [0.05, 0.1) is 26.5 Å². The van der Waals surface area contributed by atoms with Crippen LogP contribution in [0.4, 0.5) is 0 Å². The van der Waals surface area contributed by atoms with Gasteiger partial charge in [0, 0.05) is 5.56 Å². The summed E-state index contributed by atoms with van der Waals surface area (Å²) in [6, 6.07) is 14.1. The molecule has 0 atom stereocenters. The SMILES string of the molecule is CCCCOc1ccc(C(=O)NCC(=O)NN=Cc2cccc(OC)c2)cc1. The summed E-state index contributed by atoms with van der Waals surface area (Å²) in [5.41, 5.74) is 3.60. The van der Waals surface area contributed by atoms with E-state index in [1.54, 1.807) is 37.4 Å². The molecule has 0 fully saturated rings. The van der Waals surface area contributed by atoms with Crippen LogP contribution in [0.25, 0.3) is 0 Å². The molecule has 0 aliphatic rings. The number of hydrogen-bond acceptors (Lipinski definition) is 5. The molecule has 0 aliphatic heterocycles. The molecule has 2 aromatic carbocycles.